The van der Waals surface area contributed by atoms with Crippen molar-refractivity contribution in [2.45, 2.75) is 19.4 Å². The molecule has 0 unspecified atom stereocenters. The molecule has 1 aromatic rings. The molecule has 84 valence electrons. The van der Waals surface area contributed by atoms with E-state index in [4.69, 9.17) is 4.74 Å². The van der Waals surface area contributed by atoms with Crippen molar-refractivity contribution in [3.8, 4) is 5.88 Å². The van der Waals surface area contributed by atoms with Gasteiger partial charge < -0.3 is 14.7 Å². The van der Waals surface area contributed by atoms with Crippen molar-refractivity contribution in [3.63, 3.8) is 0 Å². The van der Waals surface area contributed by atoms with Crippen molar-refractivity contribution in [3.05, 3.63) is 18.3 Å². The summed E-state index contributed by atoms with van der Waals surface area (Å²) in [5.41, 5.74) is 0.259. The lowest BCUT2D eigenvalue weighted by Gasteiger charge is -2.27. The maximum Gasteiger partial charge on any atom is 0.214 e. The number of nitrogens with zero attached hydrogens (tertiary/aromatic N) is 2. The largest absolute Gasteiger partial charge is 0.481 e. The number of anilines is 1. The van der Waals surface area contributed by atoms with E-state index in [1.54, 1.807) is 27.2 Å². The van der Waals surface area contributed by atoms with E-state index in [1.165, 1.54) is 0 Å². The van der Waals surface area contributed by atoms with Gasteiger partial charge in [0.2, 0.25) is 5.88 Å². The van der Waals surface area contributed by atoms with Gasteiger partial charge in [-0.15, -0.1) is 0 Å². The first-order chi connectivity index (χ1) is 6.92. The molecule has 0 atom stereocenters. The summed E-state index contributed by atoms with van der Waals surface area (Å²) in [7, 11) is 3.51. The quantitative estimate of drug-likeness (QED) is 0.813. The summed E-state index contributed by atoms with van der Waals surface area (Å²) in [5.74, 6) is 0.579. The molecule has 0 aliphatic heterocycles. The van der Waals surface area contributed by atoms with E-state index in [0.29, 0.717) is 12.4 Å². The summed E-state index contributed by atoms with van der Waals surface area (Å²) in [5, 5.41) is 9.69. The first kappa shape index (κ1) is 11.8. The van der Waals surface area contributed by atoms with Gasteiger partial charge in [0.25, 0.3) is 0 Å². The van der Waals surface area contributed by atoms with Crippen molar-refractivity contribution >= 4 is 5.69 Å². The van der Waals surface area contributed by atoms with Crippen LogP contribution in [0, 0.1) is 0 Å². The van der Waals surface area contributed by atoms with E-state index in [-0.39, 0.29) is 0 Å². The first-order valence-electron chi connectivity index (χ1n) is 4.86. The van der Waals surface area contributed by atoms with E-state index in [9.17, 15) is 5.11 Å². The second-order valence-corrected chi connectivity index (χ2v) is 4.22. The van der Waals surface area contributed by atoms with E-state index in [0.717, 1.165) is 5.69 Å². The summed E-state index contributed by atoms with van der Waals surface area (Å²) in [6, 6.07) is 3.72. The molecule has 0 bridgehead atoms. The van der Waals surface area contributed by atoms with Crippen LogP contribution in [0.15, 0.2) is 18.3 Å². The molecular weight excluding hydrogens is 192 g/mol. The Hall–Kier alpha value is -1.29. The Kier molecular flexibility index (Phi) is 3.52. The van der Waals surface area contributed by atoms with Crippen LogP contribution in [0.3, 0.4) is 0 Å². The van der Waals surface area contributed by atoms with Gasteiger partial charge in [0, 0.05) is 31.5 Å². The van der Waals surface area contributed by atoms with Crippen LogP contribution in [0.4, 0.5) is 5.69 Å². The zero-order chi connectivity index (χ0) is 11.5. The molecule has 0 fully saturated rings. The summed E-state index contributed by atoms with van der Waals surface area (Å²) >= 11 is 0. The SMILES string of the molecule is COc1cc(N(C)CC(C)(C)O)ccn1. The molecule has 0 spiro atoms. The average molecular weight is 210 g/mol. The predicted molar refractivity (Wildman–Crippen MR) is 60.4 cm³/mol. The Morgan fingerprint density at radius 3 is 2.73 bits per heavy atom. The number of pyridine rings is 1. The zero-order valence-corrected chi connectivity index (χ0v) is 9.69. The maximum absolute atomic E-state index is 9.69. The van der Waals surface area contributed by atoms with Crippen molar-refractivity contribution < 1.29 is 9.84 Å². The monoisotopic (exact) mass is 210 g/mol. The lowest BCUT2D eigenvalue weighted by molar-refractivity contribution is 0.0886. The molecule has 1 rings (SSSR count). The number of aromatic nitrogens is 1. The fourth-order valence-electron chi connectivity index (χ4n) is 1.42. The molecule has 0 aliphatic carbocycles. The van der Waals surface area contributed by atoms with E-state index in [2.05, 4.69) is 4.98 Å². The third kappa shape index (κ3) is 3.75. The number of hydrogen-bond donors (Lipinski definition) is 1. The number of ether oxygens (including phenoxy) is 1. The highest BCUT2D eigenvalue weighted by molar-refractivity contribution is 5.47. The highest BCUT2D eigenvalue weighted by Gasteiger charge is 2.16. The number of likely N-dealkylation sites (N-methyl/N-ethyl adjacent to an activating group) is 1. The molecule has 1 N–H and O–H groups in total. The molecule has 0 amide bonds. The highest BCUT2D eigenvalue weighted by Crippen LogP contribution is 2.18. The van der Waals surface area contributed by atoms with E-state index >= 15 is 0 Å². The summed E-state index contributed by atoms with van der Waals surface area (Å²) in [4.78, 5) is 5.99. The van der Waals surface area contributed by atoms with Gasteiger partial charge in [0.05, 0.1) is 12.7 Å². The smallest absolute Gasteiger partial charge is 0.214 e. The Balaban J connectivity index is 2.77. The first-order valence-corrected chi connectivity index (χ1v) is 4.86. The third-order valence-electron chi connectivity index (χ3n) is 1.99. The van der Waals surface area contributed by atoms with Crippen LogP contribution in [0.5, 0.6) is 5.88 Å². The van der Waals surface area contributed by atoms with Gasteiger partial charge in [-0.05, 0) is 19.9 Å². The number of methoxy groups -OCH3 is 1. The van der Waals surface area contributed by atoms with E-state index < -0.39 is 5.60 Å². The number of aliphatic hydroxyl groups is 1. The average Bonchev–Trinajstić information content (AvgIpc) is 2.15. The summed E-state index contributed by atoms with van der Waals surface area (Å²) in [6.45, 7) is 4.12. The second kappa shape index (κ2) is 4.49. The van der Waals surface area contributed by atoms with Crippen molar-refractivity contribution in [2.75, 3.05) is 25.6 Å². The minimum absolute atomic E-state index is 0.556. The predicted octanol–water partition coefficient (Wildman–Crippen LogP) is 1.30. The molecule has 4 heteroatoms. The third-order valence-corrected chi connectivity index (χ3v) is 1.99. The standard InChI is InChI=1S/C11H18N2O2/c1-11(2,14)8-13(3)9-5-6-12-10(7-9)15-4/h5-7,14H,8H2,1-4H3. The molecule has 0 saturated heterocycles. The van der Waals surface area contributed by atoms with Gasteiger partial charge >= 0.3 is 0 Å². The minimum Gasteiger partial charge on any atom is -0.481 e. The molecule has 15 heavy (non-hydrogen) atoms. The van der Waals surface area contributed by atoms with Gasteiger partial charge in [-0.1, -0.05) is 0 Å². The van der Waals surface area contributed by atoms with Crippen molar-refractivity contribution in [1.82, 2.24) is 4.98 Å². The van der Waals surface area contributed by atoms with Gasteiger partial charge in [0.15, 0.2) is 0 Å². The second-order valence-electron chi connectivity index (χ2n) is 4.22. The van der Waals surface area contributed by atoms with Gasteiger partial charge in [0.1, 0.15) is 0 Å². The van der Waals surface area contributed by atoms with Crippen molar-refractivity contribution in [1.29, 1.82) is 0 Å². The van der Waals surface area contributed by atoms with Gasteiger partial charge in [-0.25, -0.2) is 4.98 Å². The van der Waals surface area contributed by atoms with Crippen molar-refractivity contribution in [2.24, 2.45) is 0 Å². The lowest BCUT2D eigenvalue weighted by atomic mass is 10.1. The van der Waals surface area contributed by atoms with Crippen LogP contribution in [0.25, 0.3) is 0 Å². The maximum atomic E-state index is 9.69. The van der Waals surface area contributed by atoms with E-state index in [1.807, 2.05) is 24.1 Å². The lowest BCUT2D eigenvalue weighted by Crippen LogP contribution is -2.36. The molecule has 0 aliphatic rings. The van der Waals surface area contributed by atoms with Crippen LogP contribution in [-0.4, -0.2) is 36.4 Å². The summed E-state index contributed by atoms with van der Waals surface area (Å²) in [6.07, 6.45) is 1.69. The fraction of sp³-hybridized carbons (Fsp3) is 0.545. The van der Waals surface area contributed by atoms with Crippen LogP contribution in [-0.2, 0) is 0 Å². The van der Waals surface area contributed by atoms with Gasteiger partial charge in [-0.2, -0.15) is 0 Å². The van der Waals surface area contributed by atoms with Gasteiger partial charge in [-0.3, -0.25) is 0 Å². The zero-order valence-electron chi connectivity index (χ0n) is 9.69. The van der Waals surface area contributed by atoms with Crippen LogP contribution < -0.4 is 9.64 Å². The Morgan fingerprint density at radius 1 is 1.53 bits per heavy atom. The summed E-state index contributed by atoms with van der Waals surface area (Å²) < 4.78 is 5.03. The normalized spacial score (nSPS) is 11.3. The van der Waals surface area contributed by atoms with Crippen LogP contribution in [0.1, 0.15) is 13.8 Å². The Labute approximate surface area is 90.5 Å². The molecule has 0 radical (unpaired) electrons. The Morgan fingerprint density at radius 2 is 2.20 bits per heavy atom. The number of hydrogen-bond acceptors (Lipinski definition) is 4. The highest BCUT2D eigenvalue weighted by atomic mass is 16.5. The molecule has 0 aromatic carbocycles. The molecule has 4 nitrogen and oxygen atoms in total. The molecule has 0 saturated carbocycles. The molecule has 1 aromatic heterocycles. The van der Waals surface area contributed by atoms with Crippen LogP contribution >= 0.6 is 0 Å². The Bertz CT molecular complexity index is 321. The fourth-order valence-corrected chi connectivity index (χ4v) is 1.42. The number of rotatable bonds is 4. The topological polar surface area (TPSA) is 45.6 Å². The molecular formula is C11H18N2O2. The van der Waals surface area contributed by atoms with Crippen LogP contribution in [0.2, 0.25) is 0 Å². The minimum atomic E-state index is -0.717. The molecule has 1 heterocycles.